The van der Waals surface area contributed by atoms with Crippen molar-refractivity contribution < 1.29 is 17.9 Å². The van der Waals surface area contributed by atoms with Crippen molar-refractivity contribution in [3.05, 3.63) is 52.5 Å². The van der Waals surface area contributed by atoms with Gasteiger partial charge in [0.05, 0.1) is 19.3 Å². The van der Waals surface area contributed by atoms with Crippen molar-refractivity contribution in [2.24, 2.45) is 0 Å². The molecule has 2 aliphatic rings. The van der Waals surface area contributed by atoms with Crippen molar-refractivity contribution in [2.75, 3.05) is 32.9 Å². The minimum absolute atomic E-state index is 0.000990. The first-order valence-electron chi connectivity index (χ1n) is 11.7. The van der Waals surface area contributed by atoms with Gasteiger partial charge in [0.15, 0.2) is 5.06 Å². The number of thiophene rings is 1. The Morgan fingerprint density at radius 1 is 1.21 bits per heavy atom. The fourth-order valence-corrected chi connectivity index (χ4v) is 6.40. The van der Waals surface area contributed by atoms with Gasteiger partial charge in [-0.3, -0.25) is 14.2 Å². The quantitative estimate of drug-likeness (QED) is 0.455. The number of hydrogen-bond donors (Lipinski definition) is 1. The van der Waals surface area contributed by atoms with Crippen molar-refractivity contribution in [1.82, 2.24) is 14.8 Å². The van der Waals surface area contributed by atoms with Gasteiger partial charge in [0.2, 0.25) is 0 Å². The largest absolute Gasteiger partial charge is 0.479 e. The summed E-state index contributed by atoms with van der Waals surface area (Å²) in [5.74, 6) is 0. The molecule has 1 N–H and O–H groups in total. The van der Waals surface area contributed by atoms with Crippen LogP contribution in [0.1, 0.15) is 41.9 Å². The van der Waals surface area contributed by atoms with Crippen LogP contribution in [0.4, 0.5) is 13.2 Å². The van der Waals surface area contributed by atoms with Crippen LogP contribution in [-0.4, -0.2) is 66.2 Å². The van der Waals surface area contributed by atoms with E-state index < -0.39 is 6.43 Å². The summed E-state index contributed by atoms with van der Waals surface area (Å²) in [5, 5.41) is 1.99. The zero-order valence-electron chi connectivity index (χ0n) is 18.8. The molecular weight excluding hydrogens is 447 g/mol. The number of rotatable bonds is 8. The first-order chi connectivity index (χ1) is 16.0. The van der Waals surface area contributed by atoms with Gasteiger partial charge in [0, 0.05) is 47.2 Å². The van der Waals surface area contributed by atoms with Gasteiger partial charge >= 0.3 is 0 Å². The Hall–Kier alpha value is -2.03. The second kappa shape index (κ2) is 9.68. The first-order valence-corrected chi connectivity index (χ1v) is 12.5. The van der Waals surface area contributed by atoms with Crippen LogP contribution in [0.2, 0.25) is 0 Å². The van der Waals surface area contributed by atoms with E-state index in [-0.39, 0.29) is 31.4 Å². The fourth-order valence-electron chi connectivity index (χ4n) is 5.35. The molecule has 1 fully saturated rings. The van der Waals surface area contributed by atoms with Crippen molar-refractivity contribution in [1.29, 1.82) is 0 Å². The lowest BCUT2D eigenvalue weighted by molar-refractivity contribution is 0.0465. The van der Waals surface area contributed by atoms with Gasteiger partial charge in [-0.05, 0) is 49.9 Å². The Kier molecular flexibility index (Phi) is 6.67. The summed E-state index contributed by atoms with van der Waals surface area (Å²) < 4.78 is 45.8. The van der Waals surface area contributed by atoms with Crippen LogP contribution in [0.3, 0.4) is 0 Å². The van der Waals surface area contributed by atoms with E-state index in [2.05, 4.69) is 16.0 Å². The molecule has 2 aromatic heterocycles. The zero-order chi connectivity index (χ0) is 22.9. The SMILES string of the molecule is C[C@@H]1Cc2c([nH]c3ccccc23)[C@@H](c2ccc(O[C@@H]3CCN(CCCF)C3)s2)N1CC(F)F. The topological polar surface area (TPSA) is 31.5 Å². The highest BCUT2D eigenvalue weighted by Gasteiger charge is 2.38. The van der Waals surface area contributed by atoms with Crippen molar-refractivity contribution in [3.8, 4) is 5.06 Å². The number of ether oxygens (including phenoxy) is 1. The summed E-state index contributed by atoms with van der Waals surface area (Å²) in [6.45, 7) is 3.97. The average Bonchev–Trinajstić information content (AvgIpc) is 3.52. The summed E-state index contributed by atoms with van der Waals surface area (Å²) >= 11 is 1.54. The standard InChI is InChI=1S/C25H30F3N3OS/c1-16-13-19-18-5-2-3-6-20(18)29-24(19)25(31(16)15-22(27)28)21-7-8-23(33-21)32-17-9-12-30(14-17)11-4-10-26/h2-3,5-8,16-17,22,25,29H,4,9-15H2,1H3/t16-,17-,25-/m1/s1. The Bertz CT molecular complexity index is 1080. The maximum Gasteiger partial charge on any atom is 0.251 e. The van der Waals surface area contributed by atoms with Crippen LogP contribution in [0.5, 0.6) is 5.06 Å². The van der Waals surface area contributed by atoms with Crippen LogP contribution < -0.4 is 4.74 Å². The minimum Gasteiger partial charge on any atom is -0.479 e. The molecule has 0 aliphatic carbocycles. The Balaban J connectivity index is 1.41. The minimum atomic E-state index is -2.40. The van der Waals surface area contributed by atoms with E-state index in [4.69, 9.17) is 4.74 Å². The second-order valence-electron chi connectivity index (χ2n) is 9.13. The smallest absolute Gasteiger partial charge is 0.251 e. The number of para-hydroxylation sites is 1. The van der Waals surface area contributed by atoms with Crippen molar-refractivity contribution in [2.45, 2.75) is 50.8 Å². The molecule has 8 heteroatoms. The maximum atomic E-state index is 13.6. The molecule has 5 rings (SSSR count). The van der Waals surface area contributed by atoms with E-state index in [0.717, 1.165) is 53.6 Å². The van der Waals surface area contributed by atoms with Crippen LogP contribution in [0.25, 0.3) is 10.9 Å². The number of halogens is 3. The van der Waals surface area contributed by atoms with Gasteiger partial charge in [-0.15, -0.1) is 11.3 Å². The molecule has 4 heterocycles. The van der Waals surface area contributed by atoms with E-state index in [1.807, 2.05) is 42.2 Å². The molecule has 3 aromatic rings. The molecule has 33 heavy (non-hydrogen) atoms. The third-order valence-electron chi connectivity index (χ3n) is 6.86. The number of hydrogen-bond acceptors (Lipinski definition) is 4. The molecule has 1 aromatic carbocycles. The lowest BCUT2D eigenvalue weighted by Gasteiger charge is -2.40. The maximum absolute atomic E-state index is 13.6. The highest BCUT2D eigenvalue weighted by Crippen LogP contribution is 2.44. The summed E-state index contributed by atoms with van der Waals surface area (Å²) in [7, 11) is 0. The lowest BCUT2D eigenvalue weighted by atomic mass is 9.91. The van der Waals surface area contributed by atoms with Crippen LogP contribution in [0, 0.1) is 0 Å². The number of fused-ring (bicyclic) bond motifs is 3. The number of aromatic amines is 1. The summed E-state index contributed by atoms with van der Waals surface area (Å²) in [6, 6.07) is 11.9. The molecular formula is C25H30F3N3OS. The fraction of sp³-hybridized carbons (Fsp3) is 0.520. The van der Waals surface area contributed by atoms with E-state index in [0.29, 0.717) is 6.42 Å². The van der Waals surface area contributed by atoms with Crippen molar-refractivity contribution >= 4 is 22.2 Å². The number of alkyl halides is 3. The Morgan fingerprint density at radius 3 is 2.88 bits per heavy atom. The number of H-pyrrole nitrogens is 1. The van der Waals surface area contributed by atoms with Crippen LogP contribution in [0.15, 0.2) is 36.4 Å². The number of likely N-dealkylation sites (tertiary alicyclic amines) is 1. The number of aromatic nitrogens is 1. The Labute approximate surface area is 196 Å². The average molecular weight is 478 g/mol. The zero-order valence-corrected chi connectivity index (χ0v) is 19.6. The molecule has 0 bridgehead atoms. The number of nitrogens with zero attached hydrogens (tertiary/aromatic N) is 2. The Morgan fingerprint density at radius 2 is 2.06 bits per heavy atom. The molecule has 0 unspecified atom stereocenters. The molecule has 2 aliphatic heterocycles. The predicted octanol–water partition coefficient (Wildman–Crippen LogP) is 5.64. The molecule has 4 nitrogen and oxygen atoms in total. The lowest BCUT2D eigenvalue weighted by Crippen LogP contribution is -2.44. The van der Waals surface area contributed by atoms with E-state index in [9.17, 15) is 13.2 Å². The molecule has 1 saturated heterocycles. The second-order valence-corrected chi connectivity index (χ2v) is 10.2. The summed E-state index contributed by atoms with van der Waals surface area (Å²) in [4.78, 5) is 8.71. The molecule has 0 spiro atoms. The molecule has 0 radical (unpaired) electrons. The van der Waals surface area contributed by atoms with E-state index >= 15 is 0 Å². The molecule has 178 valence electrons. The highest BCUT2D eigenvalue weighted by atomic mass is 32.1. The van der Waals surface area contributed by atoms with Gasteiger partial charge < -0.3 is 9.72 Å². The van der Waals surface area contributed by atoms with Crippen LogP contribution in [-0.2, 0) is 6.42 Å². The monoisotopic (exact) mass is 477 g/mol. The van der Waals surface area contributed by atoms with E-state index in [1.165, 1.54) is 10.9 Å². The number of benzene rings is 1. The first kappa shape index (κ1) is 22.7. The molecule has 0 amide bonds. The predicted molar refractivity (Wildman–Crippen MR) is 126 cm³/mol. The normalized spacial score (nSPS) is 24.1. The summed E-state index contributed by atoms with van der Waals surface area (Å²) in [5.41, 5.74) is 3.29. The molecule has 3 atom stereocenters. The van der Waals surface area contributed by atoms with Gasteiger partial charge in [-0.25, -0.2) is 8.78 Å². The van der Waals surface area contributed by atoms with E-state index in [1.54, 1.807) is 11.3 Å². The highest BCUT2D eigenvalue weighted by molar-refractivity contribution is 7.13. The summed E-state index contributed by atoms with van der Waals surface area (Å²) in [6.07, 6.45) is -0.0900. The van der Waals surface area contributed by atoms with Gasteiger partial charge in [0.1, 0.15) is 6.10 Å². The third-order valence-corrected chi connectivity index (χ3v) is 7.89. The van der Waals surface area contributed by atoms with Gasteiger partial charge in [-0.2, -0.15) is 0 Å². The van der Waals surface area contributed by atoms with Crippen LogP contribution >= 0.6 is 11.3 Å². The molecule has 0 saturated carbocycles. The van der Waals surface area contributed by atoms with Gasteiger partial charge in [0.25, 0.3) is 6.43 Å². The van der Waals surface area contributed by atoms with Crippen molar-refractivity contribution in [3.63, 3.8) is 0 Å². The van der Waals surface area contributed by atoms with Gasteiger partial charge in [-0.1, -0.05) is 18.2 Å². The number of nitrogens with one attached hydrogen (secondary N) is 1. The third kappa shape index (κ3) is 4.66.